The van der Waals surface area contributed by atoms with Crippen LogP contribution in [0.4, 0.5) is 4.39 Å². The minimum atomic E-state index is -0.235. The van der Waals surface area contributed by atoms with E-state index >= 15 is 0 Å². The first-order valence-corrected chi connectivity index (χ1v) is 9.04. The lowest BCUT2D eigenvalue weighted by Crippen LogP contribution is -2.45. The van der Waals surface area contributed by atoms with Crippen LogP contribution in [0.25, 0.3) is 10.8 Å². The summed E-state index contributed by atoms with van der Waals surface area (Å²) in [5.74, 6) is 0.490. The zero-order valence-corrected chi connectivity index (χ0v) is 14.9. The maximum atomic E-state index is 14.2. The van der Waals surface area contributed by atoms with Gasteiger partial charge in [-0.25, -0.2) is 4.39 Å². The van der Waals surface area contributed by atoms with Crippen molar-refractivity contribution >= 4 is 10.8 Å². The molecule has 3 aromatic rings. The van der Waals surface area contributed by atoms with Gasteiger partial charge in [-0.05, 0) is 34.5 Å². The summed E-state index contributed by atoms with van der Waals surface area (Å²) < 4.78 is 19.8. The molecule has 26 heavy (non-hydrogen) atoms. The Labute approximate surface area is 153 Å². The Morgan fingerprint density at radius 2 is 1.73 bits per heavy atom. The predicted molar refractivity (Wildman–Crippen MR) is 103 cm³/mol. The van der Waals surface area contributed by atoms with Gasteiger partial charge in [-0.15, -0.1) is 0 Å². The van der Waals surface area contributed by atoms with Crippen LogP contribution in [-0.2, 0) is 0 Å². The molecule has 1 heterocycles. The van der Waals surface area contributed by atoms with Crippen molar-refractivity contribution in [3.05, 3.63) is 77.6 Å². The van der Waals surface area contributed by atoms with Gasteiger partial charge in [-0.3, -0.25) is 4.90 Å². The first-order chi connectivity index (χ1) is 12.8. The second-order valence-electron chi connectivity index (χ2n) is 6.64. The van der Waals surface area contributed by atoms with Gasteiger partial charge in [0, 0.05) is 31.7 Å². The normalized spacial score (nSPS) is 16.5. The third-order valence-electron chi connectivity index (χ3n) is 5.12. The van der Waals surface area contributed by atoms with Gasteiger partial charge >= 0.3 is 0 Å². The molecule has 4 heteroatoms. The Bertz CT molecular complexity index is 900. The van der Waals surface area contributed by atoms with Crippen molar-refractivity contribution in [1.82, 2.24) is 10.2 Å². The molecule has 0 bridgehead atoms. The van der Waals surface area contributed by atoms with E-state index in [1.54, 1.807) is 19.2 Å². The summed E-state index contributed by atoms with van der Waals surface area (Å²) in [6.45, 7) is 3.68. The molecule has 3 aromatic carbocycles. The van der Waals surface area contributed by atoms with Gasteiger partial charge < -0.3 is 10.1 Å². The van der Waals surface area contributed by atoms with Crippen LogP contribution in [0.5, 0.6) is 5.75 Å². The zero-order chi connectivity index (χ0) is 17.9. The van der Waals surface area contributed by atoms with Gasteiger partial charge in [0.2, 0.25) is 0 Å². The smallest absolute Gasteiger partial charge is 0.124 e. The summed E-state index contributed by atoms with van der Waals surface area (Å²) in [5, 5.41) is 5.80. The average molecular weight is 350 g/mol. The average Bonchev–Trinajstić information content (AvgIpc) is 2.69. The summed E-state index contributed by atoms with van der Waals surface area (Å²) in [4.78, 5) is 2.41. The number of nitrogens with one attached hydrogen (secondary N) is 1. The fourth-order valence-corrected chi connectivity index (χ4v) is 3.91. The molecule has 1 aliphatic heterocycles. The first-order valence-electron chi connectivity index (χ1n) is 9.04. The Kier molecular flexibility index (Phi) is 4.87. The molecule has 1 fully saturated rings. The molecule has 0 saturated carbocycles. The molecule has 0 spiro atoms. The van der Waals surface area contributed by atoms with Crippen molar-refractivity contribution in [2.45, 2.75) is 6.04 Å². The summed E-state index contributed by atoms with van der Waals surface area (Å²) in [7, 11) is 1.65. The van der Waals surface area contributed by atoms with E-state index in [1.807, 2.05) is 0 Å². The highest BCUT2D eigenvalue weighted by atomic mass is 19.1. The van der Waals surface area contributed by atoms with Crippen LogP contribution in [0.15, 0.2) is 60.7 Å². The minimum absolute atomic E-state index is 0.0474. The van der Waals surface area contributed by atoms with Crippen molar-refractivity contribution in [1.29, 1.82) is 0 Å². The van der Waals surface area contributed by atoms with Crippen LogP contribution in [0.2, 0.25) is 0 Å². The van der Waals surface area contributed by atoms with Crippen LogP contribution < -0.4 is 10.1 Å². The third kappa shape index (κ3) is 3.18. The zero-order valence-electron chi connectivity index (χ0n) is 14.9. The lowest BCUT2D eigenvalue weighted by atomic mass is 9.91. The molecular weight excluding hydrogens is 327 g/mol. The molecule has 1 atom stereocenters. The van der Waals surface area contributed by atoms with E-state index in [2.05, 4.69) is 52.7 Å². The maximum Gasteiger partial charge on any atom is 0.124 e. The molecule has 134 valence electrons. The number of nitrogens with zero attached hydrogens (tertiary/aromatic N) is 1. The van der Waals surface area contributed by atoms with E-state index in [-0.39, 0.29) is 11.9 Å². The fraction of sp³-hybridized carbons (Fsp3) is 0.273. The first kappa shape index (κ1) is 17.0. The number of ether oxygens (including phenoxy) is 1. The number of piperazine rings is 1. The molecular formula is C22H23FN2O. The van der Waals surface area contributed by atoms with Crippen molar-refractivity contribution in [3.63, 3.8) is 0 Å². The summed E-state index contributed by atoms with van der Waals surface area (Å²) >= 11 is 0. The van der Waals surface area contributed by atoms with E-state index in [1.165, 1.54) is 22.4 Å². The monoisotopic (exact) mass is 350 g/mol. The molecule has 1 unspecified atom stereocenters. The molecule has 0 aromatic heterocycles. The van der Waals surface area contributed by atoms with Gasteiger partial charge in [0.25, 0.3) is 0 Å². The van der Waals surface area contributed by atoms with Crippen molar-refractivity contribution in [2.75, 3.05) is 33.3 Å². The Hall–Kier alpha value is -2.43. The Morgan fingerprint density at radius 3 is 2.54 bits per heavy atom. The standard InChI is InChI=1S/C22H23FN2O/c1-26-21-10-9-17(23)15-20(21)22(25-13-11-24-12-14-25)19-8-4-6-16-5-2-3-7-18(16)19/h2-10,15,22,24H,11-14H2,1H3. The van der Waals surface area contributed by atoms with Crippen molar-refractivity contribution in [2.24, 2.45) is 0 Å². The molecule has 0 amide bonds. The largest absolute Gasteiger partial charge is 0.496 e. The topological polar surface area (TPSA) is 24.5 Å². The van der Waals surface area contributed by atoms with Gasteiger partial charge in [-0.2, -0.15) is 0 Å². The van der Waals surface area contributed by atoms with Crippen LogP contribution >= 0.6 is 0 Å². The number of benzene rings is 3. The summed E-state index contributed by atoms with van der Waals surface area (Å²) in [6.07, 6.45) is 0. The molecule has 0 aliphatic carbocycles. The van der Waals surface area contributed by atoms with E-state index < -0.39 is 0 Å². The Morgan fingerprint density at radius 1 is 0.962 bits per heavy atom. The van der Waals surface area contributed by atoms with E-state index in [0.717, 1.165) is 37.5 Å². The quantitative estimate of drug-likeness (QED) is 0.770. The number of halogens is 1. The van der Waals surface area contributed by atoms with Gasteiger partial charge in [-0.1, -0.05) is 42.5 Å². The molecule has 1 aliphatic rings. The number of methoxy groups -OCH3 is 1. The van der Waals surface area contributed by atoms with Gasteiger partial charge in [0.15, 0.2) is 0 Å². The van der Waals surface area contributed by atoms with E-state index in [0.29, 0.717) is 0 Å². The highest BCUT2D eigenvalue weighted by Gasteiger charge is 2.28. The summed E-state index contributed by atoms with van der Waals surface area (Å²) in [5.41, 5.74) is 2.07. The molecule has 4 rings (SSSR count). The fourth-order valence-electron chi connectivity index (χ4n) is 3.91. The maximum absolute atomic E-state index is 14.2. The molecule has 3 nitrogen and oxygen atoms in total. The highest BCUT2D eigenvalue weighted by Crippen LogP contribution is 2.38. The number of rotatable bonds is 4. The SMILES string of the molecule is COc1ccc(F)cc1C(c1cccc2ccccc12)N1CCNCC1. The van der Waals surface area contributed by atoms with Crippen LogP contribution in [0.3, 0.4) is 0 Å². The predicted octanol–water partition coefficient (Wildman–Crippen LogP) is 3.98. The van der Waals surface area contributed by atoms with Crippen LogP contribution in [0, 0.1) is 5.82 Å². The Balaban J connectivity index is 1.93. The number of fused-ring (bicyclic) bond motifs is 1. The lowest BCUT2D eigenvalue weighted by molar-refractivity contribution is 0.196. The van der Waals surface area contributed by atoms with Crippen LogP contribution in [0.1, 0.15) is 17.2 Å². The molecule has 0 radical (unpaired) electrons. The van der Waals surface area contributed by atoms with Gasteiger partial charge in [0.1, 0.15) is 11.6 Å². The second kappa shape index (κ2) is 7.44. The lowest BCUT2D eigenvalue weighted by Gasteiger charge is -2.36. The highest BCUT2D eigenvalue weighted by molar-refractivity contribution is 5.86. The van der Waals surface area contributed by atoms with Gasteiger partial charge in [0.05, 0.1) is 13.2 Å². The number of hydrogen-bond acceptors (Lipinski definition) is 3. The second-order valence-corrected chi connectivity index (χ2v) is 6.64. The third-order valence-corrected chi connectivity index (χ3v) is 5.12. The molecule has 1 saturated heterocycles. The van der Waals surface area contributed by atoms with Crippen molar-refractivity contribution < 1.29 is 9.13 Å². The van der Waals surface area contributed by atoms with Crippen LogP contribution in [-0.4, -0.2) is 38.2 Å². The number of hydrogen-bond donors (Lipinski definition) is 1. The van der Waals surface area contributed by atoms with Crippen molar-refractivity contribution in [3.8, 4) is 5.75 Å². The van der Waals surface area contributed by atoms with E-state index in [4.69, 9.17) is 4.74 Å². The minimum Gasteiger partial charge on any atom is -0.496 e. The molecule has 1 N–H and O–H groups in total. The van der Waals surface area contributed by atoms with E-state index in [9.17, 15) is 4.39 Å². The summed E-state index contributed by atoms with van der Waals surface area (Å²) in [6, 6.07) is 19.5.